The van der Waals surface area contributed by atoms with Crippen LogP contribution in [-0.2, 0) is 0 Å². The van der Waals surface area contributed by atoms with Crippen molar-refractivity contribution in [3.8, 4) is 0 Å². The SMILES string of the molecule is CCSc1ccccc1C(=O)Nc1ccccc1C(=O)N[C@H](C)CC. The first-order valence-electron chi connectivity index (χ1n) is 8.49. The van der Waals surface area contributed by atoms with E-state index in [9.17, 15) is 9.59 Å². The summed E-state index contributed by atoms with van der Waals surface area (Å²) < 4.78 is 0. The number of benzene rings is 2. The van der Waals surface area contributed by atoms with Crippen molar-refractivity contribution in [2.24, 2.45) is 0 Å². The Balaban J connectivity index is 2.23. The molecule has 0 aliphatic carbocycles. The van der Waals surface area contributed by atoms with Gasteiger partial charge < -0.3 is 10.6 Å². The van der Waals surface area contributed by atoms with Crippen molar-refractivity contribution < 1.29 is 9.59 Å². The standard InChI is InChI=1S/C20H24N2O2S/c1-4-14(3)21-19(23)15-10-6-8-12-17(15)22-20(24)16-11-7-9-13-18(16)25-5-2/h6-14H,4-5H2,1-3H3,(H,21,23)(H,22,24)/t14-/m1/s1. The Kier molecular flexibility index (Phi) is 7.07. The van der Waals surface area contributed by atoms with Crippen LogP contribution >= 0.6 is 11.8 Å². The maximum atomic E-state index is 12.7. The van der Waals surface area contributed by atoms with E-state index in [2.05, 4.69) is 10.6 Å². The van der Waals surface area contributed by atoms with E-state index in [1.165, 1.54) is 0 Å². The van der Waals surface area contributed by atoms with Crippen molar-refractivity contribution in [2.75, 3.05) is 11.1 Å². The van der Waals surface area contributed by atoms with Gasteiger partial charge in [-0.05, 0) is 43.4 Å². The Hall–Kier alpha value is -2.27. The Morgan fingerprint density at radius 1 is 0.960 bits per heavy atom. The third-order valence-corrected chi connectivity index (χ3v) is 4.80. The maximum Gasteiger partial charge on any atom is 0.256 e. The van der Waals surface area contributed by atoms with Gasteiger partial charge in [0.2, 0.25) is 0 Å². The van der Waals surface area contributed by atoms with Crippen LogP contribution in [0.3, 0.4) is 0 Å². The predicted octanol–water partition coefficient (Wildman–Crippen LogP) is 4.58. The molecule has 2 amide bonds. The summed E-state index contributed by atoms with van der Waals surface area (Å²) in [5, 5.41) is 5.82. The molecule has 2 aromatic rings. The van der Waals surface area contributed by atoms with Crippen molar-refractivity contribution in [3.63, 3.8) is 0 Å². The lowest BCUT2D eigenvalue weighted by atomic mass is 10.1. The van der Waals surface area contributed by atoms with Gasteiger partial charge in [-0.3, -0.25) is 9.59 Å². The lowest BCUT2D eigenvalue weighted by Gasteiger charge is -2.15. The first kappa shape index (κ1) is 19.1. The zero-order valence-electron chi connectivity index (χ0n) is 14.8. The Labute approximate surface area is 153 Å². The number of rotatable bonds is 7. The minimum Gasteiger partial charge on any atom is -0.350 e. The van der Waals surface area contributed by atoms with Crippen molar-refractivity contribution in [3.05, 3.63) is 59.7 Å². The molecule has 5 heteroatoms. The highest BCUT2D eigenvalue weighted by atomic mass is 32.2. The average molecular weight is 356 g/mol. The van der Waals surface area contributed by atoms with Crippen LogP contribution in [0.5, 0.6) is 0 Å². The van der Waals surface area contributed by atoms with E-state index in [1.54, 1.807) is 36.0 Å². The van der Waals surface area contributed by atoms with Crippen molar-refractivity contribution in [1.82, 2.24) is 5.32 Å². The number of nitrogens with one attached hydrogen (secondary N) is 2. The van der Waals surface area contributed by atoms with Gasteiger partial charge in [0.15, 0.2) is 0 Å². The van der Waals surface area contributed by atoms with E-state index >= 15 is 0 Å². The number of hydrogen-bond donors (Lipinski definition) is 2. The van der Waals surface area contributed by atoms with Crippen LogP contribution in [0.2, 0.25) is 0 Å². The molecule has 0 aliphatic rings. The van der Waals surface area contributed by atoms with Crippen LogP contribution in [0.4, 0.5) is 5.69 Å². The van der Waals surface area contributed by atoms with Crippen LogP contribution in [-0.4, -0.2) is 23.6 Å². The Morgan fingerprint density at radius 3 is 2.28 bits per heavy atom. The summed E-state index contributed by atoms with van der Waals surface area (Å²) in [5.41, 5.74) is 1.60. The largest absolute Gasteiger partial charge is 0.350 e. The fourth-order valence-corrected chi connectivity index (χ4v) is 3.12. The van der Waals surface area contributed by atoms with Crippen LogP contribution in [0, 0.1) is 0 Å². The highest BCUT2D eigenvalue weighted by Crippen LogP contribution is 2.24. The molecule has 0 aromatic heterocycles. The average Bonchev–Trinajstić information content (AvgIpc) is 2.62. The van der Waals surface area contributed by atoms with Crippen LogP contribution in [0.25, 0.3) is 0 Å². The number of para-hydroxylation sites is 1. The molecule has 0 spiro atoms. The highest BCUT2D eigenvalue weighted by Gasteiger charge is 2.16. The van der Waals surface area contributed by atoms with E-state index in [4.69, 9.17) is 0 Å². The second-order valence-electron chi connectivity index (χ2n) is 5.71. The fraction of sp³-hybridized carbons (Fsp3) is 0.300. The molecule has 1 atom stereocenters. The van der Waals surface area contributed by atoms with E-state index in [0.717, 1.165) is 17.1 Å². The van der Waals surface area contributed by atoms with E-state index in [-0.39, 0.29) is 17.9 Å². The molecule has 2 rings (SSSR count). The predicted molar refractivity (Wildman–Crippen MR) is 104 cm³/mol. The first-order chi connectivity index (χ1) is 12.1. The summed E-state index contributed by atoms with van der Waals surface area (Å²) in [7, 11) is 0. The fourth-order valence-electron chi connectivity index (χ4n) is 2.32. The van der Waals surface area contributed by atoms with Crippen LogP contribution in [0.15, 0.2) is 53.4 Å². The molecule has 0 saturated heterocycles. The Morgan fingerprint density at radius 2 is 1.60 bits per heavy atom. The molecule has 25 heavy (non-hydrogen) atoms. The van der Waals surface area contributed by atoms with Crippen LogP contribution < -0.4 is 10.6 Å². The van der Waals surface area contributed by atoms with Gasteiger partial charge in [-0.2, -0.15) is 0 Å². The van der Waals surface area contributed by atoms with Crippen LogP contribution in [0.1, 0.15) is 47.9 Å². The highest BCUT2D eigenvalue weighted by molar-refractivity contribution is 7.99. The Bertz CT molecular complexity index is 746. The summed E-state index contributed by atoms with van der Waals surface area (Å²) in [6.07, 6.45) is 0.849. The summed E-state index contributed by atoms with van der Waals surface area (Å²) in [5.74, 6) is 0.500. The summed E-state index contributed by atoms with van der Waals surface area (Å²) >= 11 is 1.62. The molecule has 4 nitrogen and oxygen atoms in total. The minimum atomic E-state index is -0.208. The van der Waals surface area contributed by atoms with E-state index < -0.39 is 0 Å². The number of hydrogen-bond acceptors (Lipinski definition) is 3. The lowest BCUT2D eigenvalue weighted by molar-refractivity contribution is 0.0940. The molecule has 0 unspecified atom stereocenters. The quantitative estimate of drug-likeness (QED) is 0.714. The third kappa shape index (κ3) is 5.10. The van der Waals surface area contributed by atoms with E-state index in [0.29, 0.717) is 16.8 Å². The summed E-state index contributed by atoms with van der Waals surface area (Å²) in [6, 6.07) is 14.7. The van der Waals surface area contributed by atoms with Gasteiger partial charge in [0.25, 0.3) is 11.8 Å². The molecule has 0 heterocycles. The molecule has 0 bridgehead atoms. The van der Waals surface area contributed by atoms with Gasteiger partial charge in [0.1, 0.15) is 0 Å². The zero-order chi connectivity index (χ0) is 18.2. The zero-order valence-corrected chi connectivity index (χ0v) is 15.7. The number of carbonyl (C=O) groups is 2. The summed E-state index contributed by atoms with van der Waals surface area (Å²) in [4.78, 5) is 26.1. The smallest absolute Gasteiger partial charge is 0.256 e. The molecule has 132 valence electrons. The maximum absolute atomic E-state index is 12.7. The number of thioether (sulfide) groups is 1. The molecule has 0 fully saturated rings. The van der Waals surface area contributed by atoms with Gasteiger partial charge in [-0.15, -0.1) is 11.8 Å². The molecular formula is C20H24N2O2S. The number of amides is 2. The molecule has 2 aromatic carbocycles. The molecular weight excluding hydrogens is 332 g/mol. The molecule has 2 N–H and O–H groups in total. The van der Waals surface area contributed by atoms with Gasteiger partial charge in [0, 0.05) is 10.9 Å². The van der Waals surface area contributed by atoms with Gasteiger partial charge in [-0.1, -0.05) is 38.1 Å². The lowest BCUT2D eigenvalue weighted by Crippen LogP contribution is -2.32. The topological polar surface area (TPSA) is 58.2 Å². The molecule has 0 aliphatic heterocycles. The second-order valence-corrected chi connectivity index (χ2v) is 7.02. The molecule has 0 radical (unpaired) electrons. The first-order valence-corrected chi connectivity index (χ1v) is 9.48. The third-order valence-electron chi connectivity index (χ3n) is 3.84. The monoisotopic (exact) mass is 356 g/mol. The minimum absolute atomic E-state index is 0.0814. The van der Waals surface area contributed by atoms with Crippen molar-refractivity contribution >= 4 is 29.3 Å². The van der Waals surface area contributed by atoms with Crippen molar-refractivity contribution in [2.45, 2.75) is 38.1 Å². The van der Waals surface area contributed by atoms with E-state index in [1.807, 2.05) is 45.0 Å². The van der Waals surface area contributed by atoms with Gasteiger partial charge >= 0.3 is 0 Å². The number of carbonyl (C=O) groups excluding carboxylic acids is 2. The second kappa shape index (κ2) is 9.28. The molecule has 0 saturated carbocycles. The van der Waals surface area contributed by atoms with Gasteiger partial charge in [-0.25, -0.2) is 0 Å². The van der Waals surface area contributed by atoms with Gasteiger partial charge in [0.05, 0.1) is 16.8 Å². The number of anilines is 1. The summed E-state index contributed by atoms with van der Waals surface area (Å²) in [6.45, 7) is 6.02. The van der Waals surface area contributed by atoms with Crippen molar-refractivity contribution in [1.29, 1.82) is 0 Å². The normalized spacial score (nSPS) is 11.6.